The Morgan fingerprint density at radius 2 is 1.85 bits per heavy atom. The van der Waals surface area contributed by atoms with Crippen LogP contribution in [-0.2, 0) is 6.42 Å². The second-order valence-corrected chi connectivity index (χ2v) is 8.34. The molecule has 1 aliphatic carbocycles. The van der Waals surface area contributed by atoms with Crippen LogP contribution in [0.2, 0.25) is 5.02 Å². The quantitative estimate of drug-likeness (QED) is 0.671. The molecule has 0 radical (unpaired) electrons. The van der Waals surface area contributed by atoms with Crippen LogP contribution < -0.4 is 4.90 Å². The van der Waals surface area contributed by atoms with Crippen LogP contribution in [0.15, 0.2) is 30.5 Å². The molecule has 0 N–H and O–H groups in total. The van der Waals surface area contributed by atoms with E-state index in [0.29, 0.717) is 16.6 Å². The Morgan fingerprint density at radius 1 is 1.07 bits per heavy atom. The summed E-state index contributed by atoms with van der Waals surface area (Å²) in [6, 6.07) is 8.74. The van der Waals surface area contributed by atoms with Gasteiger partial charge in [-0.3, -0.25) is 0 Å². The highest BCUT2D eigenvalue weighted by Crippen LogP contribution is 2.36. The van der Waals surface area contributed by atoms with Gasteiger partial charge in [0.15, 0.2) is 11.5 Å². The molecule has 0 bridgehead atoms. The zero-order chi connectivity index (χ0) is 18.4. The molecule has 3 aromatic rings. The maximum absolute atomic E-state index is 6.71. The lowest BCUT2D eigenvalue weighted by molar-refractivity contribution is 0.503. The van der Waals surface area contributed by atoms with E-state index >= 15 is 0 Å². The smallest absolute Gasteiger partial charge is 0.198 e. The van der Waals surface area contributed by atoms with Gasteiger partial charge in [-0.05, 0) is 55.6 Å². The third-order valence-electron chi connectivity index (χ3n) is 6.05. The molecular formula is C21H24ClN5. The van der Waals surface area contributed by atoms with Gasteiger partial charge >= 0.3 is 0 Å². The molecule has 0 atom stereocenters. The van der Waals surface area contributed by atoms with Crippen LogP contribution in [0.4, 0.5) is 5.69 Å². The summed E-state index contributed by atoms with van der Waals surface area (Å²) in [6.07, 6.45) is 7.68. The number of aromatic nitrogens is 4. The third kappa shape index (κ3) is 3.18. The average molecular weight is 382 g/mol. The Bertz CT molecular complexity index is 970. The lowest BCUT2D eigenvalue weighted by Gasteiger charge is -2.34. The minimum absolute atomic E-state index is 0.621. The fourth-order valence-electron chi connectivity index (χ4n) is 4.26. The third-order valence-corrected chi connectivity index (χ3v) is 6.42. The zero-order valence-corrected chi connectivity index (χ0v) is 16.4. The second-order valence-electron chi connectivity index (χ2n) is 7.96. The van der Waals surface area contributed by atoms with Crippen LogP contribution in [-0.4, -0.2) is 32.9 Å². The van der Waals surface area contributed by atoms with Crippen LogP contribution in [0.3, 0.4) is 0 Å². The molecule has 2 aromatic heterocycles. The van der Waals surface area contributed by atoms with Crippen molar-refractivity contribution < 1.29 is 0 Å². The Balaban J connectivity index is 1.35. The molecule has 6 heteroatoms. The van der Waals surface area contributed by atoms with Crippen LogP contribution in [0, 0.1) is 12.8 Å². The van der Waals surface area contributed by atoms with Gasteiger partial charge in [0.05, 0.1) is 11.9 Å². The number of piperidine rings is 1. The standard InChI is InChI=1S/C21H24ClN5/c1-14-4-2-3-5-17(14)16-8-10-26(11-9-16)18-13-23-27-19(12-15-6-7-15)24-25-21(27)20(18)22/h2-5,13,15-16H,6-12H2,1H3. The topological polar surface area (TPSA) is 46.3 Å². The minimum atomic E-state index is 0.621. The first-order valence-corrected chi connectivity index (χ1v) is 10.3. The number of rotatable bonds is 4. The van der Waals surface area contributed by atoms with E-state index in [1.165, 1.54) is 24.0 Å². The van der Waals surface area contributed by atoms with Gasteiger partial charge in [-0.25, -0.2) is 0 Å². The van der Waals surface area contributed by atoms with E-state index in [9.17, 15) is 0 Å². The number of aryl methyl sites for hydroxylation is 1. The molecule has 3 heterocycles. The number of anilines is 1. The maximum atomic E-state index is 6.71. The summed E-state index contributed by atoms with van der Waals surface area (Å²) in [5, 5.41) is 13.9. The van der Waals surface area contributed by atoms with Crippen LogP contribution >= 0.6 is 11.6 Å². The van der Waals surface area contributed by atoms with Crippen molar-refractivity contribution in [1.29, 1.82) is 0 Å². The highest BCUT2D eigenvalue weighted by molar-refractivity contribution is 6.36. The fourth-order valence-corrected chi connectivity index (χ4v) is 4.54. The second kappa shape index (κ2) is 6.79. The molecule has 1 saturated heterocycles. The van der Waals surface area contributed by atoms with Gasteiger partial charge < -0.3 is 4.90 Å². The Labute approximate surface area is 164 Å². The monoisotopic (exact) mass is 381 g/mol. The summed E-state index contributed by atoms with van der Waals surface area (Å²) in [5.41, 5.74) is 4.55. The zero-order valence-electron chi connectivity index (χ0n) is 15.6. The van der Waals surface area contributed by atoms with Crippen LogP contribution in [0.25, 0.3) is 5.65 Å². The Kier molecular flexibility index (Phi) is 4.27. The van der Waals surface area contributed by atoms with E-state index in [-0.39, 0.29) is 0 Å². The van der Waals surface area contributed by atoms with Gasteiger partial charge in [0.1, 0.15) is 5.02 Å². The summed E-state index contributed by atoms with van der Waals surface area (Å²) in [6.45, 7) is 4.18. The molecule has 1 aromatic carbocycles. The van der Waals surface area contributed by atoms with E-state index in [1.54, 1.807) is 0 Å². The molecule has 0 spiro atoms. The summed E-state index contributed by atoms with van der Waals surface area (Å²) >= 11 is 6.71. The normalized spacial score (nSPS) is 18.4. The van der Waals surface area contributed by atoms with Crippen molar-refractivity contribution in [3.63, 3.8) is 0 Å². The molecule has 5 rings (SSSR count). The van der Waals surface area contributed by atoms with Crippen molar-refractivity contribution >= 4 is 22.9 Å². The van der Waals surface area contributed by atoms with Crippen molar-refractivity contribution in [2.24, 2.45) is 5.92 Å². The first-order chi connectivity index (χ1) is 13.2. The van der Waals surface area contributed by atoms with Gasteiger partial charge in [-0.15, -0.1) is 10.2 Å². The predicted molar refractivity (Wildman–Crippen MR) is 108 cm³/mol. The summed E-state index contributed by atoms with van der Waals surface area (Å²) in [4.78, 5) is 2.35. The lowest BCUT2D eigenvalue weighted by Crippen LogP contribution is -2.33. The SMILES string of the molecule is Cc1ccccc1C1CCN(c2cnn3c(CC4CC4)nnc3c2Cl)CC1. The number of fused-ring (bicyclic) bond motifs is 1. The molecular weight excluding hydrogens is 358 g/mol. The van der Waals surface area contributed by atoms with E-state index in [0.717, 1.165) is 49.8 Å². The van der Waals surface area contributed by atoms with Crippen molar-refractivity contribution in [3.8, 4) is 0 Å². The number of nitrogens with zero attached hydrogens (tertiary/aromatic N) is 5. The molecule has 140 valence electrons. The van der Waals surface area contributed by atoms with Gasteiger partial charge in [0.2, 0.25) is 0 Å². The van der Waals surface area contributed by atoms with E-state index in [2.05, 4.69) is 51.4 Å². The van der Waals surface area contributed by atoms with E-state index < -0.39 is 0 Å². The minimum Gasteiger partial charge on any atom is -0.369 e. The van der Waals surface area contributed by atoms with E-state index in [4.69, 9.17) is 11.6 Å². The fraction of sp³-hybridized carbons (Fsp3) is 0.476. The Hall–Kier alpha value is -2.14. The molecule has 0 amide bonds. The highest BCUT2D eigenvalue weighted by atomic mass is 35.5. The molecule has 1 saturated carbocycles. The average Bonchev–Trinajstić information content (AvgIpc) is 3.41. The lowest BCUT2D eigenvalue weighted by atomic mass is 9.87. The van der Waals surface area contributed by atoms with Crippen molar-refractivity contribution in [1.82, 2.24) is 19.8 Å². The molecule has 5 nitrogen and oxygen atoms in total. The van der Waals surface area contributed by atoms with Crippen LogP contribution in [0.1, 0.15) is 48.6 Å². The molecule has 27 heavy (non-hydrogen) atoms. The number of hydrogen-bond acceptors (Lipinski definition) is 4. The first-order valence-electron chi connectivity index (χ1n) is 9.90. The molecule has 2 aliphatic rings. The number of halogens is 1. The summed E-state index contributed by atoms with van der Waals surface area (Å²) < 4.78 is 1.82. The number of hydrogen-bond donors (Lipinski definition) is 0. The molecule has 0 unspecified atom stereocenters. The molecule has 1 aliphatic heterocycles. The van der Waals surface area contributed by atoms with Crippen molar-refractivity contribution in [3.05, 3.63) is 52.4 Å². The van der Waals surface area contributed by atoms with Gasteiger partial charge in [-0.2, -0.15) is 9.61 Å². The first kappa shape index (κ1) is 17.0. The maximum Gasteiger partial charge on any atom is 0.198 e. The van der Waals surface area contributed by atoms with Gasteiger partial charge in [0.25, 0.3) is 0 Å². The van der Waals surface area contributed by atoms with Gasteiger partial charge in [0, 0.05) is 19.5 Å². The molecule has 2 fully saturated rings. The van der Waals surface area contributed by atoms with Crippen molar-refractivity contribution in [2.75, 3.05) is 18.0 Å². The van der Waals surface area contributed by atoms with Crippen molar-refractivity contribution in [2.45, 2.75) is 44.9 Å². The number of benzene rings is 1. The van der Waals surface area contributed by atoms with Gasteiger partial charge in [-0.1, -0.05) is 35.9 Å². The van der Waals surface area contributed by atoms with Crippen LogP contribution in [0.5, 0.6) is 0 Å². The summed E-state index contributed by atoms with van der Waals surface area (Å²) in [7, 11) is 0. The Morgan fingerprint density at radius 3 is 2.59 bits per heavy atom. The predicted octanol–water partition coefficient (Wildman–Crippen LogP) is 4.42. The van der Waals surface area contributed by atoms with E-state index in [1.807, 2.05) is 10.7 Å². The largest absolute Gasteiger partial charge is 0.369 e. The summed E-state index contributed by atoms with van der Waals surface area (Å²) in [5.74, 6) is 2.30. The highest BCUT2D eigenvalue weighted by Gasteiger charge is 2.27.